The molecule has 4 nitrogen and oxygen atoms in total. The van der Waals surface area contributed by atoms with Crippen molar-refractivity contribution in [2.45, 2.75) is 6.92 Å². The van der Waals surface area contributed by atoms with E-state index in [1.54, 1.807) is 12.1 Å². The summed E-state index contributed by atoms with van der Waals surface area (Å²) in [5, 5.41) is 0. The van der Waals surface area contributed by atoms with E-state index >= 15 is 0 Å². The third kappa shape index (κ3) is 2.91. The Bertz CT molecular complexity index is 658. The van der Waals surface area contributed by atoms with Crippen LogP contribution in [0.15, 0.2) is 48.5 Å². The van der Waals surface area contributed by atoms with Crippen LogP contribution < -0.4 is 15.5 Å². The lowest BCUT2D eigenvalue weighted by Crippen LogP contribution is -2.46. The van der Waals surface area contributed by atoms with E-state index in [1.165, 1.54) is 11.3 Å². The molecule has 114 valence electrons. The average molecular weight is 295 g/mol. The summed E-state index contributed by atoms with van der Waals surface area (Å²) in [6, 6.07) is 16.1. The molecule has 0 atom stereocenters. The van der Waals surface area contributed by atoms with E-state index in [2.05, 4.69) is 41.0 Å². The topological polar surface area (TPSA) is 49.6 Å². The van der Waals surface area contributed by atoms with Gasteiger partial charge in [0.1, 0.15) is 0 Å². The van der Waals surface area contributed by atoms with Crippen molar-refractivity contribution in [3.63, 3.8) is 0 Å². The minimum absolute atomic E-state index is 0.379. The second kappa shape index (κ2) is 6.10. The molecule has 1 aliphatic heterocycles. The smallest absolute Gasteiger partial charge is 0.248 e. The van der Waals surface area contributed by atoms with E-state index in [0.29, 0.717) is 5.56 Å². The minimum Gasteiger partial charge on any atom is -0.368 e. The highest BCUT2D eigenvalue weighted by molar-refractivity contribution is 5.93. The Hall–Kier alpha value is -2.49. The zero-order valence-electron chi connectivity index (χ0n) is 12.8. The average Bonchev–Trinajstić information content (AvgIpc) is 2.56. The van der Waals surface area contributed by atoms with Crippen molar-refractivity contribution in [1.82, 2.24) is 0 Å². The van der Waals surface area contributed by atoms with E-state index in [9.17, 15) is 4.79 Å². The van der Waals surface area contributed by atoms with Crippen molar-refractivity contribution >= 4 is 17.3 Å². The van der Waals surface area contributed by atoms with Crippen LogP contribution in [0, 0.1) is 6.92 Å². The van der Waals surface area contributed by atoms with Crippen LogP contribution in [0.25, 0.3) is 0 Å². The third-order valence-electron chi connectivity index (χ3n) is 4.25. The zero-order chi connectivity index (χ0) is 15.5. The molecule has 0 saturated carbocycles. The first kappa shape index (κ1) is 14.4. The highest BCUT2D eigenvalue weighted by Gasteiger charge is 2.18. The molecule has 0 radical (unpaired) electrons. The van der Waals surface area contributed by atoms with Gasteiger partial charge < -0.3 is 15.5 Å². The van der Waals surface area contributed by atoms with Gasteiger partial charge >= 0.3 is 0 Å². The van der Waals surface area contributed by atoms with Crippen LogP contribution in [-0.4, -0.2) is 32.1 Å². The zero-order valence-corrected chi connectivity index (χ0v) is 12.8. The molecule has 1 fully saturated rings. The number of anilines is 2. The molecule has 2 aromatic carbocycles. The number of primary amides is 1. The van der Waals surface area contributed by atoms with Gasteiger partial charge in [-0.2, -0.15) is 0 Å². The predicted molar refractivity (Wildman–Crippen MR) is 90.6 cm³/mol. The molecule has 0 bridgehead atoms. The van der Waals surface area contributed by atoms with Crippen LogP contribution in [-0.2, 0) is 0 Å². The fraction of sp³-hybridized carbons (Fsp3) is 0.278. The lowest BCUT2D eigenvalue weighted by Gasteiger charge is -2.38. The fourth-order valence-corrected chi connectivity index (χ4v) is 2.96. The second-order valence-electron chi connectivity index (χ2n) is 5.67. The molecule has 4 heteroatoms. The molecule has 0 aromatic heterocycles. The summed E-state index contributed by atoms with van der Waals surface area (Å²) in [6.45, 7) is 6.11. The van der Waals surface area contributed by atoms with Crippen LogP contribution >= 0.6 is 0 Å². The van der Waals surface area contributed by atoms with Gasteiger partial charge in [0.15, 0.2) is 0 Å². The number of nitrogens with zero attached hydrogens (tertiary/aromatic N) is 2. The Morgan fingerprint density at radius 1 is 0.909 bits per heavy atom. The van der Waals surface area contributed by atoms with Gasteiger partial charge in [-0.05, 0) is 42.8 Å². The van der Waals surface area contributed by atoms with Crippen LogP contribution in [0.3, 0.4) is 0 Å². The number of rotatable bonds is 3. The minimum atomic E-state index is -0.379. The summed E-state index contributed by atoms with van der Waals surface area (Å²) in [5.74, 6) is -0.379. The van der Waals surface area contributed by atoms with E-state index in [-0.39, 0.29) is 5.91 Å². The van der Waals surface area contributed by atoms with Crippen LogP contribution in [0.4, 0.5) is 11.4 Å². The quantitative estimate of drug-likeness (QED) is 0.946. The van der Waals surface area contributed by atoms with Gasteiger partial charge in [0.2, 0.25) is 5.91 Å². The van der Waals surface area contributed by atoms with Crippen molar-refractivity contribution in [3.05, 3.63) is 59.7 Å². The first-order chi connectivity index (χ1) is 10.6. The first-order valence-electron chi connectivity index (χ1n) is 7.60. The van der Waals surface area contributed by atoms with Gasteiger partial charge in [0.05, 0.1) is 0 Å². The normalized spacial score (nSPS) is 15.0. The third-order valence-corrected chi connectivity index (χ3v) is 4.25. The summed E-state index contributed by atoms with van der Waals surface area (Å²) < 4.78 is 0. The fourth-order valence-electron chi connectivity index (χ4n) is 2.96. The van der Waals surface area contributed by atoms with Crippen LogP contribution in [0.1, 0.15) is 15.9 Å². The van der Waals surface area contributed by atoms with E-state index in [0.717, 1.165) is 31.9 Å². The molecular weight excluding hydrogens is 274 g/mol. The molecule has 3 rings (SSSR count). The summed E-state index contributed by atoms with van der Waals surface area (Å²) in [4.78, 5) is 15.9. The van der Waals surface area contributed by atoms with Crippen molar-refractivity contribution in [2.24, 2.45) is 5.73 Å². The lowest BCUT2D eigenvalue weighted by molar-refractivity contribution is 0.100. The molecule has 0 spiro atoms. The number of carbonyl (C=O) groups is 1. The Labute approximate surface area is 131 Å². The number of hydrogen-bond donors (Lipinski definition) is 1. The van der Waals surface area contributed by atoms with Crippen molar-refractivity contribution in [1.29, 1.82) is 0 Å². The maximum absolute atomic E-state index is 11.1. The van der Waals surface area contributed by atoms with Crippen molar-refractivity contribution in [2.75, 3.05) is 36.0 Å². The number of amides is 1. The molecule has 22 heavy (non-hydrogen) atoms. The summed E-state index contributed by atoms with van der Waals surface area (Å²) in [5.41, 5.74) is 9.63. The molecule has 1 amide bonds. The van der Waals surface area contributed by atoms with Gasteiger partial charge in [0, 0.05) is 43.1 Å². The number of aryl methyl sites for hydroxylation is 1. The highest BCUT2D eigenvalue weighted by Crippen LogP contribution is 2.23. The Kier molecular flexibility index (Phi) is 4.00. The van der Waals surface area contributed by atoms with Gasteiger partial charge in [-0.1, -0.05) is 18.2 Å². The standard InChI is InChI=1S/C18H21N3O/c1-14-4-2-3-5-17(14)21-12-10-20(11-13-21)16-8-6-15(7-9-16)18(19)22/h2-9H,10-13H2,1H3,(H2,19,22). The Balaban J connectivity index is 1.66. The van der Waals surface area contributed by atoms with E-state index in [4.69, 9.17) is 5.73 Å². The molecular formula is C18H21N3O. The summed E-state index contributed by atoms with van der Waals surface area (Å²) >= 11 is 0. The van der Waals surface area contributed by atoms with Gasteiger partial charge in [-0.15, -0.1) is 0 Å². The maximum Gasteiger partial charge on any atom is 0.248 e. The molecule has 0 unspecified atom stereocenters. The van der Waals surface area contributed by atoms with Crippen molar-refractivity contribution in [3.8, 4) is 0 Å². The number of piperazine rings is 1. The van der Waals surface area contributed by atoms with Crippen LogP contribution in [0.2, 0.25) is 0 Å². The van der Waals surface area contributed by atoms with Gasteiger partial charge in [-0.25, -0.2) is 0 Å². The van der Waals surface area contributed by atoms with E-state index in [1.807, 2.05) is 12.1 Å². The molecule has 1 aliphatic rings. The monoisotopic (exact) mass is 295 g/mol. The number of para-hydroxylation sites is 1. The molecule has 0 aliphatic carbocycles. The summed E-state index contributed by atoms with van der Waals surface area (Å²) in [6.07, 6.45) is 0. The maximum atomic E-state index is 11.1. The van der Waals surface area contributed by atoms with Gasteiger partial charge in [-0.3, -0.25) is 4.79 Å². The highest BCUT2D eigenvalue weighted by atomic mass is 16.1. The molecule has 1 saturated heterocycles. The SMILES string of the molecule is Cc1ccccc1N1CCN(c2ccc(C(N)=O)cc2)CC1. The molecule has 1 heterocycles. The predicted octanol–water partition coefficient (Wildman–Crippen LogP) is 2.42. The number of hydrogen-bond acceptors (Lipinski definition) is 3. The Morgan fingerprint density at radius 2 is 1.50 bits per heavy atom. The van der Waals surface area contributed by atoms with Gasteiger partial charge in [0.25, 0.3) is 0 Å². The molecule has 2 N–H and O–H groups in total. The lowest BCUT2D eigenvalue weighted by atomic mass is 10.1. The van der Waals surface area contributed by atoms with Crippen molar-refractivity contribution < 1.29 is 4.79 Å². The number of carbonyl (C=O) groups excluding carboxylic acids is 1. The Morgan fingerprint density at radius 3 is 2.09 bits per heavy atom. The van der Waals surface area contributed by atoms with E-state index < -0.39 is 0 Å². The largest absolute Gasteiger partial charge is 0.368 e. The second-order valence-corrected chi connectivity index (χ2v) is 5.67. The number of benzene rings is 2. The summed E-state index contributed by atoms with van der Waals surface area (Å²) in [7, 11) is 0. The first-order valence-corrected chi connectivity index (χ1v) is 7.60. The molecule has 2 aromatic rings. The number of nitrogens with two attached hydrogens (primary N) is 1. The van der Waals surface area contributed by atoms with Crippen LogP contribution in [0.5, 0.6) is 0 Å².